The Balaban J connectivity index is 2.13. The third-order valence-corrected chi connectivity index (χ3v) is 3.66. The van der Waals surface area contributed by atoms with Crippen LogP contribution >= 0.6 is 15.9 Å². The average molecular weight is 333 g/mol. The van der Waals surface area contributed by atoms with Crippen LogP contribution in [0.3, 0.4) is 0 Å². The quantitative estimate of drug-likeness (QED) is 0.924. The average Bonchev–Trinajstić information content (AvgIpc) is 2.33. The highest BCUT2D eigenvalue weighted by atomic mass is 79.9. The predicted molar refractivity (Wildman–Crippen MR) is 84.9 cm³/mol. The zero-order valence-corrected chi connectivity index (χ0v) is 13.4. The molecule has 0 unspecified atom stereocenters. The van der Waals surface area contributed by atoms with Crippen molar-refractivity contribution >= 4 is 27.7 Å². The maximum absolute atomic E-state index is 12.1. The van der Waals surface area contributed by atoms with Crippen LogP contribution in [0.15, 0.2) is 34.9 Å². The number of amides is 1. The number of carbonyl (C=O) groups is 1. The third kappa shape index (κ3) is 3.67. The topological polar surface area (TPSA) is 42.0 Å². The Morgan fingerprint density at radius 1 is 1.20 bits per heavy atom. The second kappa shape index (κ2) is 6.18. The Bertz CT molecular complexity index is 630. The lowest BCUT2D eigenvalue weighted by atomic mass is 9.97. The number of pyridine rings is 1. The van der Waals surface area contributed by atoms with Crippen LogP contribution in [0.25, 0.3) is 0 Å². The molecule has 1 amide bonds. The van der Waals surface area contributed by atoms with Crippen LogP contribution in [0, 0.1) is 20.8 Å². The molecule has 20 heavy (non-hydrogen) atoms. The third-order valence-electron chi connectivity index (χ3n) is 3.17. The minimum absolute atomic E-state index is 0.0503. The molecule has 0 saturated heterocycles. The van der Waals surface area contributed by atoms with Crippen LogP contribution in [0.4, 0.5) is 5.82 Å². The fourth-order valence-corrected chi connectivity index (χ4v) is 2.64. The van der Waals surface area contributed by atoms with Crippen LogP contribution in [0.2, 0.25) is 0 Å². The molecular formula is C16H17BrN2O. The van der Waals surface area contributed by atoms with Crippen LogP contribution in [-0.4, -0.2) is 10.9 Å². The van der Waals surface area contributed by atoms with Gasteiger partial charge in [-0.15, -0.1) is 0 Å². The van der Waals surface area contributed by atoms with E-state index in [9.17, 15) is 4.79 Å². The first-order valence-electron chi connectivity index (χ1n) is 6.44. The van der Waals surface area contributed by atoms with Crippen molar-refractivity contribution in [2.24, 2.45) is 0 Å². The van der Waals surface area contributed by atoms with E-state index >= 15 is 0 Å². The Labute approximate surface area is 127 Å². The maximum atomic E-state index is 12.1. The number of hydrogen-bond acceptors (Lipinski definition) is 2. The number of benzene rings is 1. The van der Waals surface area contributed by atoms with E-state index in [-0.39, 0.29) is 5.91 Å². The van der Waals surface area contributed by atoms with Gasteiger partial charge in [-0.2, -0.15) is 0 Å². The smallest absolute Gasteiger partial charge is 0.229 e. The van der Waals surface area contributed by atoms with Crippen molar-refractivity contribution in [1.82, 2.24) is 4.98 Å². The highest BCUT2D eigenvalue weighted by molar-refractivity contribution is 9.10. The van der Waals surface area contributed by atoms with Gasteiger partial charge in [-0.05, 0) is 49.6 Å². The molecule has 1 aromatic heterocycles. The fraction of sp³-hybridized carbons (Fsp3) is 0.250. The summed E-state index contributed by atoms with van der Waals surface area (Å²) in [6.45, 7) is 6.15. The zero-order valence-electron chi connectivity index (χ0n) is 11.8. The molecule has 104 valence electrons. The van der Waals surface area contributed by atoms with Gasteiger partial charge in [-0.25, -0.2) is 4.98 Å². The van der Waals surface area contributed by atoms with Crippen molar-refractivity contribution in [3.63, 3.8) is 0 Å². The van der Waals surface area contributed by atoms with Crippen molar-refractivity contribution in [3.8, 4) is 0 Å². The Kier molecular flexibility index (Phi) is 4.55. The van der Waals surface area contributed by atoms with E-state index in [0.717, 1.165) is 21.2 Å². The summed E-state index contributed by atoms with van der Waals surface area (Å²) in [5.74, 6) is 0.512. The molecule has 0 spiro atoms. The van der Waals surface area contributed by atoms with E-state index in [2.05, 4.69) is 45.3 Å². The Hall–Kier alpha value is -1.68. The van der Waals surface area contributed by atoms with Crippen molar-refractivity contribution in [1.29, 1.82) is 0 Å². The summed E-state index contributed by atoms with van der Waals surface area (Å²) in [7, 11) is 0. The summed E-state index contributed by atoms with van der Waals surface area (Å²) in [6, 6.07) is 7.82. The lowest BCUT2D eigenvalue weighted by Gasteiger charge is -2.11. The Morgan fingerprint density at radius 2 is 1.85 bits per heavy atom. The first kappa shape index (κ1) is 14.7. The number of hydrogen-bond donors (Lipinski definition) is 1. The van der Waals surface area contributed by atoms with Crippen LogP contribution in [-0.2, 0) is 11.2 Å². The first-order chi connectivity index (χ1) is 9.45. The zero-order chi connectivity index (χ0) is 14.7. The summed E-state index contributed by atoms with van der Waals surface area (Å²) in [6.07, 6.45) is 2.02. The molecule has 1 heterocycles. The van der Waals surface area contributed by atoms with Gasteiger partial charge in [0.1, 0.15) is 5.82 Å². The SMILES string of the molecule is Cc1cc(C)c(CC(=O)Nc2cc(Br)ccn2)c(C)c1. The molecule has 0 bridgehead atoms. The number of anilines is 1. The summed E-state index contributed by atoms with van der Waals surface area (Å²) in [5, 5.41) is 2.82. The van der Waals surface area contributed by atoms with Gasteiger partial charge in [-0.3, -0.25) is 4.79 Å². The van der Waals surface area contributed by atoms with E-state index in [1.165, 1.54) is 5.56 Å². The van der Waals surface area contributed by atoms with Crippen molar-refractivity contribution in [2.75, 3.05) is 5.32 Å². The van der Waals surface area contributed by atoms with Gasteiger partial charge in [0.15, 0.2) is 0 Å². The van der Waals surface area contributed by atoms with E-state index in [1.54, 1.807) is 12.3 Å². The summed E-state index contributed by atoms with van der Waals surface area (Å²) >= 11 is 3.36. The molecule has 0 aliphatic rings. The summed E-state index contributed by atoms with van der Waals surface area (Å²) in [4.78, 5) is 16.2. The van der Waals surface area contributed by atoms with E-state index < -0.39 is 0 Å². The van der Waals surface area contributed by atoms with Crippen LogP contribution < -0.4 is 5.32 Å². The number of carbonyl (C=O) groups excluding carboxylic acids is 1. The highest BCUT2D eigenvalue weighted by Crippen LogP contribution is 2.18. The molecule has 0 atom stereocenters. The molecule has 1 N–H and O–H groups in total. The largest absolute Gasteiger partial charge is 0.310 e. The van der Waals surface area contributed by atoms with Gasteiger partial charge in [0.05, 0.1) is 6.42 Å². The summed E-state index contributed by atoms with van der Waals surface area (Å²) in [5.41, 5.74) is 4.61. The normalized spacial score (nSPS) is 10.4. The number of rotatable bonds is 3. The van der Waals surface area contributed by atoms with Crippen LogP contribution in [0.5, 0.6) is 0 Å². The van der Waals surface area contributed by atoms with Crippen molar-refractivity contribution in [3.05, 3.63) is 57.2 Å². The number of nitrogens with one attached hydrogen (secondary N) is 1. The lowest BCUT2D eigenvalue weighted by molar-refractivity contribution is -0.115. The molecule has 4 heteroatoms. The van der Waals surface area contributed by atoms with Gasteiger partial charge in [-0.1, -0.05) is 33.6 Å². The van der Waals surface area contributed by atoms with Crippen molar-refractivity contribution in [2.45, 2.75) is 27.2 Å². The lowest BCUT2D eigenvalue weighted by Crippen LogP contribution is -2.16. The van der Waals surface area contributed by atoms with E-state index in [0.29, 0.717) is 12.2 Å². The van der Waals surface area contributed by atoms with Gasteiger partial charge in [0.25, 0.3) is 0 Å². The highest BCUT2D eigenvalue weighted by Gasteiger charge is 2.10. The molecule has 2 rings (SSSR count). The number of nitrogens with zero attached hydrogens (tertiary/aromatic N) is 1. The minimum atomic E-state index is -0.0503. The molecule has 1 aromatic carbocycles. The number of aryl methyl sites for hydroxylation is 3. The molecular weight excluding hydrogens is 316 g/mol. The standard InChI is InChI=1S/C16H17BrN2O/c1-10-6-11(2)14(12(3)7-10)9-16(20)19-15-8-13(17)4-5-18-15/h4-8H,9H2,1-3H3,(H,18,19,20). The van der Waals surface area contributed by atoms with Gasteiger partial charge in [0.2, 0.25) is 5.91 Å². The molecule has 0 radical (unpaired) electrons. The first-order valence-corrected chi connectivity index (χ1v) is 7.23. The van der Waals surface area contributed by atoms with Gasteiger partial charge in [0, 0.05) is 10.7 Å². The monoisotopic (exact) mass is 332 g/mol. The number of halogens is 1. The Morgan fingerprint density at radius 3 is 2.45 bits per heavy atom. The maximum Gasteiger partial charge on any atom is 0.229 e. The number of aromatic nitrogens is 1. The van der Waals surface area contributed by atoms with Crippen molar-refractivity contribution < 1.29 is 4.79 Å². The molecule has 0 saturated carbocycles. The van der Waals surface area contributed by atoms with E-state index in [4.69, 9.17) is 0 Å². The van der Waals surface area contributed by atoms with Gasteiger partial charge < -0.3 is 5.32 Å². The van der Waals surface area contributed by atoms with E-state index in [1.807, 2.05) is 19.9 Å². The molecule has 0 aliphatic heterocycles. The van der Waals surface area contributed by atoms with Crippen LogP contribution in [0.1, 0.15) is 22.3 Å². The second-order valence-corrected chi connectivity index (χ2v) is 5.88. The fourth-order valence-electron chi connectivity index (χ4n) is 2.31. The second-order valence-electron chi connectivity index (χ2n) is 4.96. The molecule has 0 fully saturated rings. The predicted octanol–water partition coefficient (Wildman–Crippen LogP) is 3.95. The molecule has 0 aliphatic carbocycles. The molecule has 2 aromatic rings. The van der Waals surface area contributed by atoms with Gasteiger partial charge >= 0.3 is 0 Å². The molecule has 3 nitrogen and oxygen atoms in total. The summed E-state index contributed by atoms with van der Waals surface area (Å²) < 4.78 is 0.894. The minimum Gasteiger partial charge on any atom is -0.310 e.